The number of rotatable bonds is 5. The first-order valence-corrected chi connectivity index (χ1v) is 11.6. The number of pyridine rings is 1. The van der Waals surface area contributed by atoms with E-state index in [4.69, 9.17) is 10.7 Å². The van der Waals surface area contributed by atoms with Gasteiger partial charge in [0, 0.05) is 24.8 Å². The lowest BCUT2D eigenvalue weighted by atomic mass is 9.74. The summed E-state index contributed by atoms with van der Waals surface area (Å²) >= 11 is 0. The zero-order valence-corrected chi connectivity index (χ0v) is 19.2. The van der Waals surface area contributed by atoms with Crippen molar-refractivity contribution in [2.75, 3.05) is 11.1 Å². The van der Waals surface area contributed by atoms with Crippen LogP contribution in [0.1, 0.15) is 48.7 Å². The molecule has 1 aliphatic heterocycles. The maximum Gasteiger partial charge on any atom is 0.417 e. The number of carbonyl (C=O) groups excluding carboxylic acids is 1. The molecular formula is C24H21F3N8O. The fourth-order valence-corrected chi connectivity index (χ4v) is 5.05. The van der Waals surface area contributed by atoms with Gasteiger partial charge in [-0.25, -0.2) is 19.9 Å². The second kappa shape index (κ2) is 7.70. The number of fused-ring (bicyclic) bond motifs is 2. The van der Waals surface area contributed by atoms with Crippen molar-refractivity contribution in [3.63, 3.8) is 0 Å². The van der Waals surface area contributed by atoms with E-state index < -0.39 is 23.1 Å². The molecule has 0 aromatic carbocycles. The molecule has 3 N–H and O–H groups in total. The standard InChI is InChI=1S/C24H21F3N8O/c1-2-3-14-21-29-8-9-35(21)11-15(31-14)19-32-18(28)17-20(33-19)34-22(36)23(17,12-4-5-12)16-7-6-13(10-30-16)24(25,26)27/h6-12H,2-5H2,1H3,(H3,28,32,33,34,36). The van der Waals surface area contributed by atoms with Gasteiger partial charge in [0.05, 0.1) is 22.5 Å². The molecule has 4 aromatic heterocycles. The Bertz CT molecular complexity index is 1510. The Hall–Kier alpha value is -4.09. The summed E-state index contributed by atoms with van der Waals surface area (Å²) in [7, 11) is 0. The Morgan fingerprint density at radius 3 is 2.67 bits per heavy atom. The molecule has 1 atom stereocenters. The molecule has 1 amide bonds. The molecule has 0 saturated heterocycles. The van der Waals surface area contributed by atoms with E-state index in [1.54, 1.807) is 18.6 Å². The largest absolute Gasteiger partial charge is 0.417 e. The molecule has 5 heterocycles. The van der Waals surface area contributed by atoms with Crippen LogP contribution in [0.2, 0.25) is 0 Å². The molecule has 1 fully saturated rings. The molecular weight excluding hydrogens is 473 g/mol. The number of aryl methyl sites for hydroxylation is 1. The summed E-state index contributed by atoms with van der Waals surface area (Å²) in [5, 5.41) is 2.80. The van der Waals surface area contributed by atoms with Crippen LogP contribution in [0.3, 0.4) is 0 Å². The van der Waals surface area contributed by atoms with Crippen molar-refractivity contribution in [2.45, 2.75) is 44.2 Å². The first kappa shape index (κ1) is 22.4. The summed E-state index contributed by atoms with van der Waals surface area (Å²) in [5.74, 6) is -0.0786. The van der Waals surface area contributed by atoms with Crippen molar-refractivity contribution in [2.24, 2.45) is 5.92 Å². The summed E-state index contributed by atoms with van der Waals surface area (Å²) in [6.45, 7) is 2.04. The Morgan fingerprint density at radius 1 is 1.19 bits per heavy atom. The van der Waals surface area contributed by atoms with Crippen molar-refractivity contribution in [1.82, 2.24) is 29.3 Å². The summed E-state index contributed by atoms with van der Waals surface area (Å²) in [5.41, 5.74) is 6.73. The number of alkyl halides is 3. The molecule has 0 bridgehead atoms. The Morgan fingerprint density at radius 2 is 2.00 bits per heavy atom. The highest BCUT2D eigenvalue weighted by molar-refractivity contribution is 6.09. The summed E-state index contributed by atoms with van der Waals surface area (Å²) < 4.78 is 41.2. The maximum atomic E-state index is 13.5. The minimum absolute atomic E-state index is 0.0616. The number of imidazole rings is 1. The smallest absolute Gasteiger partial charge is 0.383 e. The highest BCUT2D eigenvalue weighted by Gasteiger charge is 2.60. The lowest BCUT2D eigenvalue weighted by molar-refractivity contribution is -0.137. The van der Waals surface area contributed by atoms with E-state index in [-0.39, 0.29) is 29.1 Å². The van der Waals surface area contributed by atoms with Crippen molar-refractivity contribution < 1.29 is 18.0 Å². The summed E-state index contributed by atoms with van der Waals surface area (Å²) in [6.07, 6.45) is 4.41. The number of nitrogens with zero attached hydrogens (tertiary/aromatic N) is 6. The van der Waals surface area contributed by atoms with Gasteiger partial charge in [-0.3, -0.25) is 9.78 Å². The molecule has 1 unspecified atom stereocenters. The minimum Gasteiger partial charge on any atom is -0.383 e. The van der Waals surface area contributed by atoms with Crippen LogP contribution in [-0.4, -0.2) is 35.2 Å². The number of halogens is 3. The van der Waals surface area contributed by atoms with Crippen LogP contribution in [0.25, 0.3) is 17.2 Å². The van der Waals surface area contributed by atoms with Gasteiger partial charge in [-0.2, -0.15) is 13.2 Å². The Balaban J connectivity index is 1.49. The average Bonchev–Trinajstić information content (AvgIpc) is 3.48. The number of nitrogens with two attached hydrogens (primary N) is 1. The number of nitrogens with one attached hydrogen (secondary N) is 1. The molecule has 0 radical (unpaired) electrons. The van der Waals surface area contributed by atoms with Crippen LogP contribution in [0.4, 0.5) is 24.8 Å². The van der Waals surface area contributed by atoms with E-state index in [0.29, 0.717) is 30.5 Å². The van der Waals surface area contributed by atoms with E-state index in [2.05, 4.69) is 25.3 Å². The molecule has 6 rings (SSSR count). The van der Waals surface area contributed by atoms with E-state index >= 15 is 0 Å². The van der Waals surface area contributed by atoms with Crippen LogP contribution in [-0.2, 0) is 22.8 Å². The number of aromatic nitrogens is 6. The van der Waals surface area contributed by atoms with Gasteiger partial charge < -0.3 is 15.5 Å². The van der Waals surface area contributed by atoms with Gasteiger partial charge in [0.25, 0.3) is 0 Å². The van der Waals surface area contributed by atoms with Crippen molar-refractivity contribution in [3.05, 3.63) is 59.4 Å². The predicted octanol–water partition coefficient (Wildman–Crippen LogP) is 3.78. The molecule has 12 heteroatoms. The Labute approximate surface area is 203 Å². The fourth-order valence-electron chi connectivity index (χ4n) is 5.05. The van der Waals surface area contributed by atoms with Crippen LogP contribution in [0.15, 0.2) is 36.9 Å². The topological polar surface area (TPSA) is 124 Å². The zero-order valence-electron chi connectivity index (χ0n) is 19.2. The van der Waals surface area contributed by atoms with E-state index in [1.807, 2.05) is 11.3 Å². The van der Waals surface area contributed by atoms with Crippen molar-refractivity contribution >= 4 is 23.2 Å². The van der Waals surface area contributed by atoms with Gasteiger partial charge in [-0.15, -0.1) is 0 Å². The molecule has 4 aromatic rings. The second-order valence-electron chi connectivity index (χ2n) is 9.10. The second-order valence-corrected chi connectivity index (χ2v) is 9.10. The van der Waals surface area contributed by atoms with Crippen LogP contribution >= 0.6 is 0 Å². The average molecular weight is 494 g/mol. The van der Waals surface area contributed by atoms with Gasteiger partial charge in [0.2, 0.25) is 5.91 Å². The van der Waals surface area contributed by atoms with E-state index in [0.717, 1.165) is 30.0 Å². The van der Waals surface area contributed by atoms with Gasteiger partial charge in [-0.1, -0.05) is 13.3 Å². The third kappa shape index (κ3) is 3.23. The number of nitrogen functional groups attached to an aromatic ring is 1. The van der Waals surface area contributed by atoms with E-state index in [1.165, 1.54) is 6.07 Å². The first-order valence-electron chi connectivity index (χ1n) is 11.6. The van der Waals surface area contributed by atoms with Gasteiger partial charge in [0.1, 0.15) is 22.7 Å². The molecule has 1 aliphatic carbocycles. The highest BCUT2D eigenvalue weighted by atomic mass is 19.4. The molecule has 0 spiro atoms. The number of anilines is 2. The quantitative estimate of drug-likeness (QED) is 0.433. The SMILES string of the molecule is CCCc1nc(-c2nc(N)c3c(n2)NC(=O)C3(c2ccc(C(F)(F)F)cn2)C2CC2)cn2ccnc12. The van der Waals surface area contributed by atoms with Gasteiger partial charge in [-0.05, 0) is 37.3 Å². The van der Waals surface area contributed by atoms with Gasteiger partial charge >= 0.3 is 6.18 Å². The maximum absolute atomic E-state index is 13.5. The van der Waals surface area contributed by atoms with E-state index in [9.17, 15) is 18.0 Å². The van der Waals surface area contributed by atoms with Crippen molar-refractivity contribution in [3.8, 4) is 11.5 Å². The van der Waals surface area contributed by atoms with Crippen molar-refractivity contribution in [1.29, 1.82) is 0 Å². The number of hydrogen-bond donors (Lipinski definition) is 2. The van der Waals surface area contributed by atoms with Crippen LogP contribution in [0, 0.1) is 5.92 Å². The summed E-state index contributed by atoms with van der Waals surface area (Å²) in [4.78, 5) is 35.7. The van der Waals surface area contributed by atoms with Crippen LogP contribution < -0.4 is 11.1 Å². The predicted molar refractivity (Wildman–Crippen MR) is 124 cm³/mol. The third-order valence-corrected chi connectivity index (χ3v) is 6.77. The molecule has 184 valence electrons. The fraction of sp³-hybridized carbons (Fsp3) is 0.333. The molecule has 9 nitrogen and oxygen atoms in total. The number of carbonyl (C=O) groups is 1. The highest BCUT2D eigenvalue weighted by Crippen LogP contribution is 2.57. The molecule has 1 saturated carbocycles. The molecule has 2 aliphatic rings. The number of amides is 1. The summed E-state index contributed by atoms with van der Waals surface area (Å²) in [6, 6.07) is 2.18. The normalized spacial score (nSPS) is 19.5. The van der Waals surface area contributed by atoms with Gasteiger partial charge in [0.15, 0.2) is 11.5 Å². The van der Waals surface area contributed by atoms with Crippen LogP contribution in [0.5, 0.6) is 0 Å². The molecule has 36 heavy (non-hydrogen) atoms. The lowest BCUT2D eigenvalue weighted by Crippen LogP contribution is -2.39. The zero-order chi connectivity index (χ0) is 25.2. The Kier molecular flexibility index (Phi) is 4.79. The number of hydrogen-bond acceptors (Lipinski definition) is 7. The minimum atomic E-state index is -4.54. The third-order valence-electron chi connectivity index (χ3n) is 6.77. The monoisotopic (exact) mass is 494 g/mol. The lowest BCUT2D eigenvalue weighted by Gasteiger charge is -2.27. The first-order chi connectivity index (χ1) is 17.2.